The van der Waals surface area contributed by atoms with Crippen molar-refractivity contribution in [2.75, 3.05) is 39.9 Å². The standard InChI is InChI=1S/C45H66N8O10/c1-29(2)24-34(38(54)50-37(28-62-27-33-18-13-21-53(33)44(60)61)41(57)52-22-19-32(20-23-52)47-42(58)46-6)48-39(55)35(25-30-14-9-7-10-15-30)49-40(56)36(26-31-16-11-8-12-17-31)51-43(59)63-45(3,4)5/h7-12,14-17,29,32-37H,13,18-28H2,1-6H3,(H,48,55)(H,49,56)(H,50,54)(H,51,59)(H,60,61)(H2,46,47,58)/t33-,34?,35?,36?,37?/m0/s1. The van der Waals surface area contributed by atoms with Gasteiger partial charge in [0.15, 0.2) is 0 Å². The fraction of sp³-hybridized carbons (Fsp3) is 0.578. The Morgan fingerprint density at radius 1 is 0.730 bits per heavy atom. The summed E-state index contributed by atoms with van der Waals surface area (Å²) in [7, 11) is 1.52. The molecule has 0 aliphatic carbocycles. The van der Waals surface area contributed by atoms with Crippen LogP contribution in [-0.4, -0.2) is 139 Å². The minimum Gasteiger partial charge on any atom is -0.465 e. The highest BCUT2D eigenvalue weighted by Gasteiger charge is 2.36. The SMILES string of the molecule is CNC(=O)NC1CCN(C(=O)C(COC[C@@H]2CCCN2C(=O)O)NC(=O)C(CC(C)C)NC(=O)C(Cc2ccccc2)NC(=O)C(Cc2ccccc2)NC(=O)OC(C)(C)C)CC1. The number of amides is 8. The van der Waals surface area contributed by atoms with Crippen molar-refractivity contribution in [1.82, 2.24) is 41.7 Å². The molecule has 8 amide bonds. The number of carbonyl (C=O) groups is 7. The largest absolute Gasteiger partial charge is 0.465 e. The molecule has 4 unspecified atom stereocenters. The number of piperidine rings is 1. The zero-order chi connectivity index (χ0) is 46.1. The van der Waals surface area contributed by atoms with Crippen molar-refractivity contribution in [3.63, 3.8) is 0 Å². The van der Waals surface area contributed by atoms with Crippen LogP contribution in [0.5, 0.6) is 0 Å². The summed E-state index contributed by atoms with van der Waals surface area (Å²) >= 11 is 0. The summed E-state index contributed by atoms with van der Waals surface area (Å²) in [5, 5.41) is 26.2. The Kier molecular flexibility index (Phi) is 19.0. The molecule has 2 aliphatic rings. The van der Waals surface area contributed by atoms with Crippen LogP contribution in [-0.2, 0) is 41.5 Å². The zero-order valence-corrected chi connectivity index (χ0v) is 37.3. The van der Waals surface area contributed by atoms with Gasteiger partial charge in [-0.3, -0.25) is 19.2 Å². The fourth-order valence-electron chi connectivity index (χ4n) is 7.57. The number of hydrogen-bond acceptors (Lipinski definition) is 9. The molecule has 346 valence electrons. The van der Waals surface area contributed by atoms with Crippen molar-refractivity contribution < 1.29 is 48.1 Å². The van der Waals surface area contributed by atoms with Crippen molar-refractivity contribution >= 4 is 41.8 Å². The van der Waals surface area contributed by atoms with Gasteiger partial charge in [-0.05, 0) is 69.9 Å². The highest BCUT2D eigenvalue weighted by atomic mass is 16.6. The summed E-state index contributed by atoms with van der Waals surface area (Å²) in [5.41, 5.74) is 0.643. The van der Waals surface area contributed by atoms with Gasteiger partial charge in [-0.15, -0.1) is 0 Å². The van der Waals surface area contributed by atoms with E-state index in [9.17, 15) is 38.7 Å². The third-order valence-electron chi connectivity index (χ3n) is 10.7. The van der Waals surface area contributed by atoms with Crippen LogP contribution in [0, 0.1) is 5.92 Å². The van der Waals surface area contributed by atoms with Crippen LogP contribution in [0.4, 0.5) is 14.4 Å². The van der Waals surface area contributed by atoms with E-state index in [-0.39, 0.29) is 50.5 Å². The number of carbonyl (C=O) groups excluding carboxylic acids is 6. The first-order valence-electron chi connectivity index (χ1n) is 21.7. The maximum absolute atomic E-state index is 14.4. The lowest BCUT2D eigenvalue weighted by Gasteiger charge is -2.35. The number of carboxylic acid groups (broad SMARTS) is 1. The Hall–Kier alpha value is -5.91. The second kappa shape index (κ2) is 24.1. The molecular weight excluding hydrogens is 813 g/mol. The topological polar surface area (TPSA) is 237 Å². The van der Waals surface area contributed by atoms with Gasteiger partial charge >= 0.3 is 18.2 Å². The first kappa shape index (κ1) is 49.7. The molecule has 2 fully saturated rings. The average Bonchev–Trinajstić information content (AvgIpc) is 3.71. The molecule has 2 heterocycles. The minimum absolute atomic E-state index is 0.0190. The van der Waals surface area contributed by atoms with Crippen LogP contribution in [0.3, 0.4) is 0 Å². The number of ether oxygens (including phenoxy) is 2. The number of nitrogens with zero attached hydrogens (tertiary/aromatic N) is 2. The molecule has 63 heavy (non-hydrogen) atoms. The first-order valence-corrected chi connectivity index (χ1v) is 21.7. The number of urea groups is 1. The third-order valence-corrected chi connectivity index (χ3v) is 10.7. The van der Waals surface area contributed by atoms with Gasteiger partial charge in [0.05, 0.1) is 19.3 Å². The molecule has 0 aromatic heterocycles. The summed E-state index contributed by atoms with van der Waals surface area (Å²) in [4.78, 5) is 96.4. The van der Waals surface area contributed by atoms with Crippen molar-refractivity contribution in [3.8, 4) is 0 Å². The molecule has 0 saturated carbocycles. The lowest BCUT2D eigenvalue weighted by atomic mass is 10.00. The van der Waals surface area contributed by atoms with E-state index in [4.69, 9.17) is 9.47 Å². The molecule has 5 atom stereocenters. The Morgan fingerprint density at radius 3 is 1.78 bits per heavy atom. The summed E-state index contributed by atoms with van der Waals surface area (Å²) < 4.78 is 11.4. The summed E-state index contributed by atoms with van der Waals surface area (Å²) in [6.07, 6.45) is 0.685. The maximum atomic E-state index is 14.4. The second-order valence-corrected chi connectivity index (χ2v) is 17.5. The third kappa shape index (κ3) is 16.7. The van der Waals surface area contributed by atoms with Gasteiger partial charge in [0.2, 0.25) is 23.6 Å². The highest BCUT2D eigenvalue weighted by molar-refractivity contribution is 5.95. The van der Waals surface area contributed by atoms with Gasteiger partial charge in [-0.2, -0.15) is 0 Å². The van der Waals surface area contributed by atoms with E-state index in [1.807, 2.05) is 50.2 Å². The molecule has 0 spiro atoms. The fourth-order valence-corrected chi connectivity index (χ4v) is 7.57. The monoisotopic (exact) mass is 878 g/mol. The predicted octanol–water partition coefficient (Wildman–Crippen LogP) is 2.94. The Morgan fingerprint density at radius 2 is 1.25 bits per heavy atom. The van der Waals surface area contributed by atoms with Gasteiger partial charge in [0.1, 0.15) is 29.8 Å². The Bertz CT molecular complexity index is 1840. The number of nitrogens with one attached hydrogen (secondary N) is 6. The molecule has 4 rings (SSSR count). The van der Waals surface area contributed by atoms with Crippen LogP contribution >= 0.6 is 0 Å². The van der Waals surface area contributed by atoms with E-state index >= 15 is 0 Å². The predicted molar refractivity (Wildman–Crippen MR) is 234 cm³/mol. The molecule has 18 heteroatoms. The summed E-state index contributed by atoms with van der Waals surface area (Å²) in [6, 6.07) is 12.6. The molecule has 2 saturated heterocycles. The number of hydrogen-bond donors (Lipinski definition) is 7. The smallest absolute Gasteiger partial charge is 0.408 e. The van der Waals surface area contributed by atoms with E-state index in [1.54, 1.807) is 49.9 Å². The normalized spacial score (nSPS) is 17.4. The molecule has 2 aromatic rings. The van der Waals surface area contributed by atoms with Crippen molar-refractivity contribution in [1.29, 1.82) is 0 Å². The van der Waals surface area contributed by atoms with Crippen LogP contribution in [0.15, 0.2) is 60.7 Å². The van der Waals surface area contributed by atoms with Crippen LogP contribution in [0.1, 0.15) is 77.8 Å². The van der Waals surface area contributed by atoms with Gasteiger partial charge in [0, 0.05) is 45.6 Å². The lowest BCUT2D eigenvalue weighted by molar-refractivity contribution is -0.140. The molecule has 2 aromatic carbocycles. The van der Waals surface area contributed by atoms with Crippen LogP contribution in [0.25, 0.3) is 0 Å². The molecule has 18 nitrogen and oxygen atoms in total. The quantitative estimate of drug-likeness (QED) is 0.109. The van der Waals surface area contributed by atoms with Crippen LogP contribution in [0.2, 0.25) is 0 Å². The van der Waals surface area contributed by atoms with Gasteiger partial charge in [-0.1, -0.05) is 74.5 Å². The van der Waals surface area contributed by atoms with Gasteiger partial charge in [-0.25, -0.2) is 14.4 Å². The number of alkyl carbamates (subject to hydrolysis) is 1. The molecule has 2 aliphatic heterocycles. The van der Waals surface area contributed by atoms with E-state index in [2.05, 4.69) is 31.9 Å². The van der Waals surface area contributed by atoms with Crippen molar-refractivity contribution in [3.05, 3.63) is 71.8 Å². The molecular formula is C45H66N8O10. The Labute approximate surface area is 369 Å². The van der Waals surface area contributed by atoms with Gasteiger partial charge < -0.3 is 56.3 Å². The van der Waals surface area contributed by atoms with Crippen molar-refractivity contribution in [2.24, 2.45) is 5.92 Å². The second-order valence-electron chi connectivity index (χ2n) is 17.5. The highest BCUT2D eigenvalue weighted by Crippen LogP contribution is 2.19. The zero-order valence-electron chi connectivity index (χ0n) is 37.3. The van der Waals surface area contributed by atoms with Gasteiger partial charge in [0.25, 0.3) is 0 Å². The van der Waals surface area contributed by atoms with E-state index in [1.165, 1.54) is 11.9 Å². The lowest BCUT2D eigenvalue weighted by Crippen LogP contribution is -2.60. The van der Waals surface area contributed by atoms with Crippen LogP contribution < -0.4 is 31.9 Å². The molecule has 0 bridgehead atoms. The van der Waals surface area contributed by atoms with E-state index in [0.29, 0.717) is 45.3 Å². The molecule has 7 N–H and O–H groups in total. The summed E-state index contributed by atoms with van der Waals surface area (Å²) in [5.74, 6) is -2.48. The molecule has 0 radical (unpaired) electrons. The number of rotatable bonds is 19. The van der Waals surface area contributed by atoms with E-state index in [0.717, 1.165) is 11.1 Å². The minimum atomic E-state index is -1.20. The van der Waals surface area contributed by atoms with E-state index < -0.39 is 71.6 Å². The van der Waals surface area contributed by atoms with Crippen molar-refractivity contribution in [2.45, 2.75) is 121 Å². The number of likely N-dealkylation sites (tertiary alicyclic amines) is 2. The summed E-state index contributed by atoms with van der Waals surface area (Å²) in [6.45, 7) is 9.61. The Balaban J connectivity index is 1.55. The first-order chi connectivity index (χ1) is 29.9. The maximum Gasteiger partial charge on any atom is 0.408 e. The average molecular weight is 879 g/mol. The number of benzene rings is 2.